The zero-order valence-electron chi connectivity index (χ0n) is 13.9. The molecule has 6 heteroatoms. The van der Waals surface area contributed by atoms with E-state index in [0.717, 1.165) is 36.7 Å². The Bertz CT molecular complexity index is 892. The molecule has 0 radical (unpaired) electrons. The maximum atomic E-state index is 12.9. The van der Waals surface area contributed by atoms with E-state index in [0.29, 0.717) is 18.0 Å². The first-order chi connectivity index (χ1) is 12.2. The van der Waals surface area contributed by atoms with Gasteiger partial charge in [-0.05, 0) is 36.3 Å². The van der Waals surface area contributed by atoms with E-state index in [1.54, 1.807) is 12.4 Å². The number of carbonyl (C=O) groups excluding carboxylic acids is 1. The van der Waals surface area contributed by atoms with Gasteiger partial charge in [-0.1, -0.05) is 24.3 Å². The molecule has 2 heterocycles. The van der Waals surface area contributed by atoms with E-state index in [1.807, 2.05) is 39.9 Å². The van der Waals surface area contributed by atoms with Gasteiger partial charge in [0.25, 0.3) is 5.91 Å². The molecule has 128 valence electrons. The van der Waals surface area contributed by atoms with Crippen LogP contribution in [-0.4, -0.2) is 43.8 Å². The summed E-state index contributed by atoms with van der Waals surface area (Å²) in [7, 11) is 0. The highest BCUT2D eigenvalue weighted by Gasteiger charge is 2.25. The molecular weight excluding hydrogens is 316 g/mol. The van der Waals surface area contributed by atoms with Crippen LogP contribution < -0.4 is 0 Å². The highest BCUT2D eigenvalue weighted by molar-refractivity contribution is 6.00. The van der Waals surface area contributed by atoms with Gasteiger partial charge in [0.2, 0.25) is 0 Å². The van der Waals surface area contributed by atoms with Crippen molar-refractivity contribution in [2.75, 3.05) is 13.1 Å². The normalized spacial score (nSPS) is 17.8. The fraction of sp³-hybridized carbons (Fsp3) is 0.316. The number of phenolic OH excluding ortho intramolecular Hbond substituents is 1. The largest absolute Gasteiger partial charge is 0.507 e. The van der Waals surface area contributed by atoms with Crippen LogP contribution in [0.4, 0.5) is 0 Å². The summed E-state index contributed by atoms with van der Waals surface area (Å²) in [5, 5.41) is 16.0. The second kappa shape index (κ2) is 6.55. The van der Waals surface area contributed by atoms with Crippen molar-refractivity contribution in [1.29, 1.82) is 0 Å². The number of hydrogen-bond donors (Lipinski definition) is 1. The van der Waals surface area contributed by atoms with Gasteiger partial charge in [0.1, 0.15) is 18.4 Å². The third-order valence-electron chi connectivity index (χ3n) is 4.80. The second-order valence-corrected chi connectivity index (χ2v) is 6.59. The predicted molar refractivity (Wildman–Crippen MR) is 94.3 cm³/mol. The molecule has 25 heavy (non-hydrogen) atoms. The van der Waals surface area contributed by atoms with Gasteiger partial charge in [-0.25, -0.2) is 4.98 Å². The number of rotatable bonds is 3. The molecule has 0 unspecified atom stereocenters. The van der Waals surface area contributed by atoms with Crippen molar-refractivity contribution in [3.05, 3.63) is 54.6 Å². The van der Waals surface area contributed by atoms with Gasteiger partial charge in [0, 0.05) is 30.6 Å². The Labute approximate surface area is 145 Å². The van der Waals surface area contributed by atoms with Crippen molar-refractivity contribution in [2.45, 2.75) is 19.4 Å². The molecule has 1 amide bonds. The Hall–Kier alpha value is -2.89. The Morgan fingerprint density at radius 3 is 3.00 bits per heavy atom. The van der Waals surface area contributed by atoms with E-state index in [9.17, 15) is 9.90 Å². The smallest absolute Gasteiger partial charge is 0.254 e. The third-order valence-corrected chi connectivity index (χ3v) is 4.80. The minimum absolute atomic E-state index is 0.0238. The lowest BCUT2D eigenvalue weighted by Crippen LogP contribution is -2.41. The van der Waals surface area contributed by atoms with Crippen molar-refractivity contribution < 1.29 is 9.90 Å². The summed E-state index contributed by atoms with van der Waals surface area (Å²) in [6, 6.07) is 11.0. The van der Waals surface area contributed by atoms with Crippen LogP contribution in [0.1, 0.15) is 23.2 Å². The van der Waals surface area contributed by atoms with E-state index >= 15 is 0 Å². The number of nitrogens with zero attached hydrogens (tertiary/aromatic N) is 4. The fourth-order valence-electron chi connectivity index (χ4n) is 3.59. The Balaban J connectivity index is 1.54. The van der Waals surface area contributed by atoms with Crippen LogP contribution in [0.15, 0.2) is 49.1 Å². The van der Waals surface area contributed by atoms with Crippen LogP contribution in [-0.2, 0) is 6.54 Å². The van der Waals surface area contributed by atoms with Crippen LogP contribution in [0.25, 0.3) is 10.8 Å². The van der Waals surface area contributed by atoms with E-state index in [1.165, 1.54) is 6.33 Å². The number of benzene rings is 2. The van der Waals surface area contributed by atoms with E-state index in [4.69, 9.17) is 0 Å². The minimum atomic E-state index is -0.0238. The first-order valence-electron chi connectivity index (χ1n) is 8.54. The summed E-state index contributed by atoms with van der Waals surface area (Å²) in [4.78, 5) is 18.8. The molecule has 0 spiro atoms. The van der Waals surface area contributed by atoms with E-state index in [-0.39, 0.29) is 11.7 Å². The van der Waals surface area contributed by atoms with Gasteiger partial charge in [-0.2, -0.15) is 5.10 Å². The lowest BCUT2D eigenvalue weighted by Gasteiger charge is -2.32. The zero-order chi connectivity index (χ0) is 17.2. The number of piperidine rings is 1. The van der Waals surface area contributed by atoms with Crippen LogP contribution >= 0.6 is 0 Å². The summed E-state index contributed by atoms with van der Waals surface area (Å²) < 4.78 is 1.82. The molecular formula is C19H20N4O2. The number of likely N-dealkylation sites (tertiary alicyclic amines) is 1. The molecule has 1 aliphatic rings. The fourth-order valence-corrected chi connectivity index (χ4v) is 3.59. The highest BCUT2D eigenvalue weighted by atomic mass is 16.3. The molecule has 0 saturated carbocycles. The number of aromatic nitrogens is 3. The van der Waals surface area contributed by atoms with Gasteiger partial charge in [-0.3, -0.25) is 9.48 Å². The Morgan fingerprint density at radius 1 is 1.28 bits per heavy atom. The molecule has 3 aromatic rings. The van der Waals surface area contributed by atoms with Gasteiger partial charge in [0.05, 0.1) is 0 Å². The summed E-state index contributed by atoms with van der Waals surface area (Å²) in [6.45, 7) is 2.22. The molecule has 1 atom stereocenters. The van der Waals surface area contributed by atoms with E-state index < -0.39 is 0 Å². The third kappa shape index (κ3) is 3.20. The van der Waals surface area contributed by atoms with Crippen LogP contribution in [0, 0.1) is 5.92 Å². The molecule has 0 aliphatic carbocycles. The van der Waals surface area contributed by atoms with Crippen LogP contribution in [0.3, 0.4) is 0 Å². The topological polar surface area (TPSA) is 71.2 Å². The Morgan fingerprint density at radius 2 is 2.16 bits per heavy atom. The van der Waals surface area contributed by atoms with Crippen molar-refractivity contribution in [1.82, 2.24) is 19.7 Å². The van der Waals surface area contributed by atoms with Crippen molar-refractivity contribution in [2.24, 2.45) is 5.92 Å². The standard InChI is InChI=1S/C19H20N4O2/c24-18-9-16(8-15-5-1-2-6-17(15)18)19(25)22-7-3-4-14(10-22)11-23-13-20-12-21-23/h1-2,5-6,8-9,12-14,24H,3-4,7,10-11H2/t14-/m1/s1. The average Bonchev–Trinajstić information content (AvgIpc) is 3.14. The molecule has 1 N–H and O–H groups in total. The number of fused-ring (bicyclic) bond motifs is 1. The molecule has 1 aliphatic heterocycles. The lowest BCUT2D eigenvalue weighted by atomic mass is 9.97. The quantitative estimate of drug-likeness (QED) is 0.798. The SMILES string of the molecule is O=C(c1cc(O)c2ccccc2c1)N1CCC[C@@H](Cn2cncn2)C1. The summed E-state index contributed by atoms with van der Waals surface area (Å²) in [5.41, 5.74) is 0.539. The molecule has 1 saturated heterocycles. The minimum Gasteiger partial charge on any atom is -0.507 e. The summed E-state index contributed by atoms with van der Waals surface area (Å²) in [5.74, 6) is 0.496. The molecule has 2 aromatic carbocycles. The molecule has 0 bridgehead atoms. The first kappa shape index (κ1) is 15.6. The maximum Gasteiger partial charge on any atom is 0.254 e. The maximum absolute atomic E-state index is 12.9. The van der Waals surface area contributed by atoms with Crippen molar-refractivity contribution in [3.63, 3.8) is 0 Å². The number of carbonyl (C=O) groups is 1. The first-order valence-corrected chi connectivity index (χ1v) is 8.54. The monoisotopic (exact) mass is 336 g/mol. The number of phenols is 1. The van der Waals surface area contributed by atoms with Crippen molar-refractivity contribution in [3.8, 4) is 5.75 Å². The molecule has 4 rings (SSSR count). The summed E-state index contributed by atoms with van der Waals surface area (Å²) in [6.07, 6.45) is 5.29. The molecule has 1 fully saturated rings. The van der Waals surface area contributed by atoms with Crippen LogP contribution in [0.5, 0.6) is 5.75 Å². The molecule has 1 aromatic heterocycles. The second-order valence-electron chi connectivity index (χ2n) is 6.59. The zero-order valence-corrected chi connectivity index (χ0v) is 13.9. The highest BCUT2D eigenvalue weighted by Crippen LogP contribution is 2.28. The number of amides is 1. The van der Waals surface area contributed by atoms with Gasteiger partial charge in [-0.15, -0.1) is 0 Å². The lowest BCUT2D eigenvalue weighted by molar-refractivity contribution is 0.0659. The average molecular weight is 336 g/mol. The van der Waals surface area contributed by atoms with Gasteiger partial charge < -0.3 is 10.0 Å². The molecule has 6 nitrogen and oxygen atoms in total. The predicted octanol–water partition coefficient (Wildman–Crippen LogP) is 2.69. The van der Waals surface area contributed by atoms with E-state index in [2.05, 4.69) is 10.1 Å². The van der Waals surface area contributed by atoms with Gasteiger partial charge in [0.15, 0.2) is 0 Å². The van der Waals surface area contributed by atoms with Gasteiger partial charge >= 0.3 is 0 Å². The van der Waals surface area contributed by atoms with Crippen LogP contribution in [0.2, 0.25) is 0 Å². The number of aromatic hydroxyl groups is 1. The van der Waals surface area contributed by atoms with Crippen molar-refractivity contribution >= 4 is 16.7 Å². The summed E-state index contributed by atoms with van der Waals surface area (Å²) >= 11 is 0. The number of hydrogen-bond acceptors (Lipinski definition) is 4. The Kier molecular flexibility index (Phi) is 4.09.